The maximum absolute atomic E-state index is 10.8. The summed E-state index contributed by atoms with van der Waals surface area (Å²) in [4.78, 5) is 12.8. The highest BCUT2D eigenvalue weighted by Gasteiger charge is 2.23. The van der Waals surface area contributed by atoms with E-state index in [-0.39, 0.29) is 10.6 Å². The van der Waals surface area contributed by atoms with Crippen LogP contribution >= 0.6 is 0 Å². The summed E-state index contributed by atoms with van der Waals surface area (Å²) in [5, 5.41) is 10.8. The van der Waals surface area contributed by atoms with Crippen molar-refractivity contribution in [1.29, 1.82) is 0 Å². The van der Waals surface area contributed by atoms with E-state index in [0.717, 1.165) is 25.1 Å². The van der Waals surface area contributed by atoms with Crippen LogP contribution in [0.1, 0.15) is 38.7 Å². The van der Waals surface area contributed by atoms with Crippen molar-refractivity contribution < 1.29 is 4.92 Å². The molecule has 5 heteroatoms. The van der Waals surface area contributed by atoms with Crippen molar-refractivity contribution in [3.63, 3.8) is 0 Å². The van der Waals surface area contributed by atoms with Gasteiger partial charge in [0, 0.05) is 24.4 Å². The Labute approximate surface area is 119 Å². The molecule has 1 aliphatic rings. The summed E-state index contributed by atoms with van der Waals surface area (Å²) in [6, 6.07) is 4.70. The predicted molar refractivity (Wildman–Crippen MR) is 80.4 cm³/mol. The van der Waals surface area contributed by atoms with Crippen LogP contribution in [0.15, 0.2) is 18.2 Å². The van der Waals surface area contributed by atoms with Gasteiger partial charge in [-0.3, -0.25) is 15.0 Å². The van der Waals surface area contributed by atoms with Gasteiger partial charge in [-0.2, -0.15) is 0 Å². The van der Waals surface area contributed by atoms with E-state index in [1.807, 2.05) is 0 Å². The van der Waals surface area contributed by atoms with Crippen LogP contribution in [-0.4, -0.2) is 22.9 Å². The molecule has 0 aliphatic carbocycles. The SMILES string of the molecule is CC1(C)CCCN(Cc2cc([N+](=O)[O-])ccc2N)CC1. The summed E-state index contributed by atoms with van der Waals surface area (Å²) < 4.78 is 0. The standard InChI is InChI=1S/C15H23N3O2/c1-15(2)6-3-8-17(9-7-15)11-12-10-13(18(19)20)4-5-14(12)16/h4-5,10H,3,6-9,11,16H2,1-2H3. The molecule has 20 heavy (non-hydrogen) atoms. The van der Waals surface area contributed by atoms with Gasteiger partial charge < -0.3 is 5.73 Å². The van der Waals surface area contributed by atoms with Crippen molar-refractivity contribution in [2.24, 2.45) is 5.41 Å². The number of benzene rings is 1. The second-order valence-electron chi connectivity index (χ2n) is 6.43. The van der Waals surface area contributed by atoms with Crippen molar-refractivity contribution in [3.8, 4) is 0 Å². The van der Waals surface area contributed by atoms with E-state index in [1.54, 1.807) is 12.1 Å². The number of nitrogen functional groups attached to an aromatic ring is 1. The number of nitro benzene ring substituents is 1. The highest BCUT2D eigenvalue weighted by Crippen LogP contribution is 2.31. The Morgan fingerprint density at radius 2 is 2.10 bits per heavy atom. The molecule has 1 heterocycles. The minimum Gasteiger partial charge on any atom is -0.398 e. The maximum atomic E-state index is 10.8. The number of hydrogen-bond acceptors (Lipinski definition) is 4. The van der Waals surface area contributed by atoms with Crippen LogP contribution in [0.2, 0.25) is 0 Å². The molecule has 0 amide bonds. The third-order valence-corrected chi connectivity index (χ3v) is 4.16. The van der Waals surface area contributed by atoms with E-state index in [4.69, 9.17) is 5.73 Å². The summed E-state index contributed by atoms with van der Waals surface area (Å²) in [6.07, 6.45) is 3.55. The first-order chi connectivity index (χ1) is 9.37. The Hall–Kier alpha value is -1.62. The first kappa shape index (κ1) is 14.8. The third kappa shape index (κ3) is 3.70. The lowest BCUT2D eigenvalue weighted by molar-refractivity contribution is -0.384. The Morgan fingerprint density at radius 3 is 2.80 bits per heavy atom. The zero-order valence-corrected chi connectivity index (χ0v) is 12.3. The van der Waals surface area contributed by atoms with Gasteiger partial charge in [0.1, 0.15) is 0 Å². The van der Waals surface area contributed by atoms with Gasteiger partial charge in [0.2, 0.25) is 0 Å². The molecule has 1 aromatic carbocycles. The molecule has 1 aliphatic heterocycles. The summed E-state index contributed by atoms with van der Waals surface area (Å²) >= 11 is 0. The lowest BCUT2D eigenvalue weighted by Gasteiger charge is -2.23. The van der Waals surface area contributed by atoms with Crippen LogP contribution in [0.5, 0.6) is 0 Å². The van der Waals surface area contributed by atoms with Gasteiger partial charge in [-0.1, -0.05) is 13.8 Å². The molecule has 0 atom stereocenters. The molecule has 0 saturated carbocycles. The first-order valence-electron chi connectivity index (χ1n) is 7.12. The number of non-ortho nitro benzene ring substituents is 1. The molecule has 0 unspecified atom stereocenters. The highest BCUT2D eigenvalue weighted by atomic mass is 16.6. The molecule has 0 radical (unpaired) electrons. The molecular weight excluding hydrogens is 254 g/mol. The molecule has 5 nitrogen and oxygen atoms in total. The smallest absolute Gasteiger partial charge is 0.269 e. The van der Waals surface area contributed by atoms with Crippen molar-refractivity contribution in [3.05, 3.63) is 33.9 Å². The quantitative estimate of drug-likeness (QED) is 0.523. The van der Waals surface area contributed by atoms with Crippen LogP contribution in [-0.2, 0) is 6.54 Å². The fourth-order valence-electron chi connectivity index (χ4n) is 2.72. The average Bonchev–Trinajstić information content (AvgIpc) is 2.53. The number of rotatable bonds is 3. The van der Waals surface area contributed by atoms with E-state index >= 15 is 0 Å². The van der Waals surface area contributed by atoms with E-state index in [0.29, 0.717) is 17.6 Å². The monoisotopic (exact) mass is 277 g/mol. The third-order valence-electron chi connectivity index (χ3n) is 4.16. The van der Waals surface area contributed by atoms with Crippen LogP contribution in [0.4, 0.5) is 11.4 Å². The zero-order valence-electron chi connectivity index (χ0n) is 12.3. The maximum Gasteiger partial charge on any atom is 0.269 e. The minimum absolute atomic E-state index is 0.115. The second kappa shape index (κ2) is 5.79. The Balaban J connectivity index is 2.09. The Kier molecular flexibility index (Phi) is 4.28. The van der Waals surface area contributed by atoms with Crippen LogP contribution in [0.25, 0.3) is 0 Å². The molecule has 0 spiro atoms. The Bertz CT molecular complexity index is 500. The van der Waals surface area contributed by atoms with Gasteiger partial charge in [-0.15, -0.1) is 0 Å². The van der Waals surface area contributed by atoms with E-state index < -0.39 is 0 Å². The topological polar surface area (TPSA) is 72.4 Å². The van der Waals surface area contributed by atoms with E-state index in [9.17, 15) is 10.1 Å². The van der Waals surface area contributed by atoms with Gasteiger partial charge in [0.05, 0.1) is 4.92 Å². The normalized spacial score (nSPS) is 19.5. The van der Waals surface area contributed by atoms with Crippen LogP contribution in [0, 0.1) is 15.5 Å². The van der Waals surface area contributed by atoms with E-state index in [2.05, 4.69) is 18.7 Å². The van der Waals surface area contributed by atoms with Gasteiger partial charge in [-0.25, -0.2) is 0 Å². The molecule has 2 rings (SSSR count). The zero-order chi connectivity index (χ0) is 14.8. The largest absolute Gasteiger partial charge is 0.398 e. The molecular formula is C15H23N3O2. The molecule has 0 aromatic heterocycles. The fourth-order valence-corrected chi connectivity index (χ4v) is 2.72. The lowest BCUT2D eigenvalue weighted by Crippen LogP contribution is -2.25. The van der Waals surface area contributed by atoms with Crippen molar-refractivity contribution >= 4 is 11.4 Å². The summed E-state index contributed by atoms with van der Waals surface area (Å²) in [5.41, 5.74) is 7.95. The van der Waals surface area contributed by atoms with Crippen molar-refractivity contribution in [1.82, 2.24) is 4.90 Å². The van der Waals surface area contributed by atoms with Crippen LogP contribution in [0.3, 0.4) is 0 Å². The van der Waals surface area contributed by atoms with Gasteiger partial charge in [0.15, 0.2) is 0 Å². The van der Waals surface area contributed by atoms with E-state index in [1.165, 1.54) is 18.9 Å². The first-order valence-corrected chi connectivity index (χ1v) is 7.12. The van der Waals surface area contributed by atoms with Gasteiger partial charge in [-0.05, 0) is 49.4 Å². The molecule has 1 saturated heterocycles. The Morgan fingerprint density at radius 1 is 1.35 bits per heavy atom. The number of hydrogen-bond donors (Lipinski definition) is 1. The molecule has 2 N–H and O–H groups in total. The summed E-state index contributed by atoms with van der Waals surface area (Å²) in [6.45, 7) is 7.36. The predicted octanol–water partition coefficient (Wildman–Crippen LogP) is 3.19. The average molecular weight is 277 g/mol. The molecule has 110 valence electrons. The van der Waals surface area contributed by atoms with Gasteiger partial charge >= 0.3 is 0 Å². The molecule has 0 bridgehead atoms. The second-order valence-corrected chi connectivity index (χ2v) is 6.43. The fraction of sp³-hybridized carbons (Fsp3) is 0.600. The van der Waals surface area contributed by atoms with Crippen molar-refractivity contribution in [2.75, 3.05) is 18.8 Å². The molecule has 1 aromatic rings. The molecule has 1 fully saturated rings. The number of nitro groups is 1. The summed E-state index contributed by atoms with van der Waals surface area (Å²) in [5.74, 6) is 0. The lowest BCUT2D eigenvalue weighted by atomic mass is 9.85. The number of nitrogens with zero attached hydrogens (tertiary/aromatic N) is 2. The van der Waals surface area contributed by atoms with Crippen LogP contribution < -0.4 is 5.73 Å². The number of likely N-dealkylation sites (tertiary alicyclic amines) is 1. The van der Waals surface area contributed by atoms with Crippen molar-refractivity contribution in [2.45, 2.75) is 39.7 Å². The summed E-state index contributed by atoms with van der Waals surface area (Å²) in [7, 11) is 0. The highest BCUT2D eigenvalue weighted by molar-refractivity contribution is 5.52. The number of anilines is 1. The number of nitrogens with two attached hydrogens (primary N) is 1. The van der Waals surface area contributed by atoms with Gasteiger partial charge in [0.25, 0.3) is 5.69 Å². The minimum atomic E-state index is -0.367.